The Balaban J connectivity index is 1.81. The second kappa shape index (κ2) is 9.07. The summed E-state index contributed by atoms with van der Waals surface area (Å²) in [5, 5.41) is -0.357. The van der Waals surface area contributed by atoms with E-state index < -0.39 is 0 Å². The maximum atomic E-state index is 13.0. The summed E-state index contributed by atoms with van der Waals surface area (Å²) < 4.78 is 20.0. The summed E-state index contributed by atoms with van der Waals surface area (Å²) in [6, 6.07) is 9.32. The highest BCUT2D eigenvalue weighted by Crippen LogP contribution is 2.38. The van der Waals surface area contributed by atoms with E-state index in [9.17, 15) is 14.0 Å². The minimum Gasteiger partial charge on any atom is -0.487 e. The molecule has 1 aliphatic heterocycles. The highest BCUT2D eigenvalue weighted by atomic mass is 79.9. The van der Waals surface area contributed by atoms with Crippen molar-refractivity contribution < 1.29 is 18.7 Å². The van der Waals surface area contributed by atoms with Gasteiger partial charge in [0.15, 0.2) is 0 Å². The van der Waals surface area contributed by atoms with Crippen molar-refractivity contribution >= 4 is 60.8 Å². The van der Waals surface area contributed by atoms with Crippen molar-refractivity contribution in [3.63, 3.8) is 0 Å². The third-order valence-corrected chi connectivity index (χ3v) is 5.88. The quantitative estimate of drug-likeness (QED) is 0.334. The van der Waals surface area contributed by atoms with E-state index in [2.05, 4.69) is 38.4 Å². The van der Waals surface area contributed by atoms with Gasteiger partial charge in [-0.2, -0.15) is 0 Å². The lowest BCUT2D eigenvalue weighted by Gasteiger charge is -2.12. The lowest BCUT2D eigenvalue weighted by molar-refractivity contribution is -0.123. The third kappa shape index (κ3) is 4.74. The van der Waals surface area contributed by atoms with E-state index in [-0.39, 0.29) is 23.5 Å². The Bertz CT molecular complexity index is 953. The molecule has 28 heavy (non-hydrogen) atoms. The van der Waals surface area contributed by atoms with E-state index in [0.717, 1.165) is 22.2 Å². The van der Waals surface area contributed by atoms with Crippen molar-refractivity contribution in [1.82, 2.24) is 4.90 Å². The van der Waals surface area contributed by atoms with Crippen LogP contribution >= 0.6 is 43.6 Å². The first-order chi connectivity index (χ1) is 13.4. The van der Waals surface area contributed by atoms with Gasteiger partial charge in [-0.25, -0.2) is 4.39 Å². The Labute approximate surface area is 182 Å². The van der Waals surface area contributed by atoms with Gasteiger partial charge in [0.2, 0.25) is 0 Å². The van der Waals surface area contributed by atoms with Gasteiger partial charge in [-0.15, -0.1) is 0 Å². The van der Waals surface area contributed by atoms with Crippen LogP contribution < -0.4 is 4.74 Å². The molecule has 2 aromatic carbocycles. The van der Waals surface area contributed by atoms with Gasteiger partial charge in [0.05, 0.1) is 20.4 Å². The van der Waals surface area contributed by atoms with E-state index in [4.69, 9.17) is 4.74 Å². The maximum absolute atomic E-state index is 13.0. The molecule has 0 aliphatic carbocycles. The van der Waals surface area contributed by atoms with Crippen LogP contribution in [0.25, 0.3) is 6.08 Å². The zero-order valence-electron chi connectivity index (χ0n) is 14.5. The molecule has 0 bridgehead atoms. The summed E-state index contributed by atoms with van der Waals surface area (Å²) in [6.45, 7) is 4.08. The van der Waals surface area contributed by atoms with Crippen molar-refractivity contribution in [3.8, 4) is 5.75 Å². The summed E-state index contributed by atoms with van der Waals surface area (Å²) in [7, 11) is 0. The highest BCUT2D eigenvalue weighted by Gasteiger charge is 2.35. The van der Waals surface area contributed by atoms with Gasteiger partial charge in [0.25, 0.3) is 11.1 Å². The van der Waals surface area contributed by atoms with Crippen molar-refractivity contribution in [3.05, 3.63) is 79.8 Å². The van der Waals surface area contributed by atoms with Crippen LogP contribution in [0.15, 0.2) is 62.9 Å². The van der Waals surface area contributed by atoms with Crippen LogP contribution in [0, 0.1) is 5.82 Å². The van der Waals surface area contributed by atoms with Crippen LogP contribution in [0.4, 0.5) is 9.18 Å². The van der Waals surface area contributed by atoms with Gasteiger partial charge in [-0.05, 0) is 85.1 Å². The molecule has 0 aromatic heterocycles. The number of nitrogens with zero attached hydrogens (tertiary/aromatic N) is 1. The first-order valence-corrected chi connectivity index (χ1v) is 10.5. The molecule has 0 saturated carbocycles. The minimum atomic E-state index is -0.376. The number of imide groups is 1. The fourth-order valence-electron chi connectivity index (χ4n) is 2.50. The summed E-state index contributed by atoms with van der Waals surface area (Å²) in [5.41, 5.74) is 1.41. The monoisotopic (exact) mass is 525 g/mol. The van der Waals surface area contributed by atoms with E-state index in [0.29, 0.717) is 31.8 Å². The number of hydrogen-bond acceptors (Lipinski definition) is 4. The number of ether oxygens (including phenoxy) is 1. The number of thioether (sulfide) groups is 1. The molecule has 2 aromatic rings. The number of rotatable bonds is 6. The summed E-state index contributed by atoms with van der Waals surface area (Å²) >= 11 is 7.77. The zero-order valence-corrected chi connectivity index (χ0v) is 18.4. The number of halogens is 3. The molecule has 144 valence electrons. The average Bonchev–Trinajstić information content (AvgIpc) is 2.90. The molecule has 0 atom stereocenters. The van der Waals surface area contributed by atoms with Gasteiger partial charge in [0.1, 0.15) is 18.2 Å². The maximum Gasteiger partial charge on any atom is 0.293 e. The largest absolute Gasteiger partial charge is 0.487 e. The third-order valence-electron chi connectivity index (χ3n) is 3.79. The van der Waals surface area contributed by atoms with Crippen molar-refractivity contribution in [2.75, 3.05) is 6.61 Å². The van der Waals surface area contributed by atoms with Gasteiger partial charge >= 0.3 is 0 Å². The molecule has 1 saturated heterocycles. The molecular weight excluding hydrogens is 513 g/mol. The van der Waals surface area contributed by atoms with Gasteiger partial charge in [-0.3, -0.25) is 14.5 Å². The van der Waals surface area contributed by atoms with Crippen LogP contribution in [-0.2, 0) is 11.3 Å². The predicted molar refractivity (Wildman–Crippen MR) is 115 cm³/mol. The predicted octanol–water partition coefficient (Wildman–Crippen LogP) is 6.15. The smallest absolute Gasteiger partial charge is 0.293 e. The van der Waals surface area contributed by atoms with Crippen LogP contribution in [0.5, 0.6) is 5.75 Å². The van der Waals surface area contributed by atoms with E-state index in [1.165, 1.54) is 12.1 Å². The molecule has 1 aliphatic rings. The Morgan fingerprint density at radius 2 is 1.79 bits per heavy atom. The highest BCUT2D eigenvalue weighted by molar-refractivity contribution is 9.11. The Morgan fingerprint density at radius 1 is 1.14 bits per heavy atom. The first kappa shape index (κ1) is 20.8. The average molecular weight is 527 g/mol. The fraction of sp³-hybridized carbons (Fsp3) is 0.100. The second-order valence-electron chi connectivity index (χ2n) is 5.81. The van der Waals surface area contributed by atoms with Crippen molar-refractivity contribution in [2.24, 2.45) is 0 Å². The summed E-state index contributed by atoms with van der Waals surface area (Å²) in [6.07, 6.45) is 3.30. The van der Waals surface area contributed by atoms with Crippen LogP contribution in [0.1, 0.15) is 11.1 Å². The first-order valence-electron chi connectivity index (χ1n) is 8.11. The molecule has 0 unspecified atom stereocenters. The molecule has 0 radical (unpaired) electrons. The fourth-order valence-corrected chi connectivity index (χ4v) is 4.79. The van der Waals surface area contributed by atoms with Crippen LogP contribution in [0.2, 0.25) is 0 Å². The molecule has 0 spiro atoms. The molecule has 4 nitrogen and oxygen atoms in total. The standard InChI is InChI=1S/C20H14Br2FNO3S/c1-2-7-27-18-15(21)8-13(9-16(18)22)10-17-19(25)24(20(26)28-17)11-12-3-5-14(23)6-4-12/h2-6,8-10H,1,7,11H2/b17-10-. The molecular formula is C20H14Br2FNO3S. The van der Waals surface area contributed by atoms with Gasteiger partial charge in [0, 0.05) is 0 Å². The topological polar surface area (TPSA) is 46.6 Å². The summed E-state index contributed by atoms with van der Waals surface area (Å²) in [4.78, 5) is 26.4. The van der Waals surface area contributed by atoms with Crippen LogP contribution in [-0.4, -0.2) is 22.7 Å². The molecule has 1 fully saturated rings. The number of carbonyl (C=O) groups excluding carboxylic acids is 2. The number of amides is 2. The lowest BCUT2D eigenvalue weighted by atomic mass is 10.2. The van der Waals surface area contributed by atoms with E-state index >= 15 is 0 Å². The Hall–Kier alpha value is -1.90. The molecule has 3 rings (SSSR count). The van der Waals surface area contributed by atoms with Crippen molar-refractivity contribution in [1.29, 1.82) is 0 Å². The van der Waals surface area contributed by atoms with Crippen LogP contribution in [0.3, 0.4) is 0 Å². The SMILES string of the molecule is C=CCOc1c(Br)cc(/C=C2\SC(=O)N(Cc3ccc(F)cc3)C2=O)cc1Br. The zero-order chi connectivity index (χ0) is 20.3. The molecule has 2 amide bonds. The Morgan fingerprint density at radius 3 is 2.39 bits per heavy atom. The second-order valence-corrected chi connectivity index (χ2v) is 8.51. The normalized spacial score (nSPS) is 15.4. The summed E-state index contributed by atoms with van der Waals surface area (Å²) in [5.74, 6) is -0.116. The number of hydrogen-bond donors (Lipinski definition) is 0. The Kier molecular flexibility index (Phi) is 6.74. The minimum absolute atomic E-state index is 0.101. The number of carbonyl (C=O) groups is 2. The van der Waals surface area contributed by atoms with E-state index in [1.807, 2.05) is 0 Å². The molecule has 1 heterocycles. The van der Waals surface area contributed by atoms with Crippen molar-refractivity contribution in [2.45, 2.75) is 6.54 Å². The van der Waals surface area contributed by atoms with E-state index in [1.54, 1.807) is 36.4 Å². The lowest BCUT2D eigenvalue weighted by Crippen LogP contribution is -2.27. The molecule has 8 heteroatoms. The molecule has 0 N–H and O–H groups in total. The van der Waals surface area contributed by atoms with Gasteiger partial charge in [-0.1, -0.05) is 24.8 Å². The van der Waals surface area contributed by atoms with Gasteiger partial charge < -0.3 is 4.74 Å². The number of benzene rings is 2.